The standard InChI is InChI=1S/C16H26N4O/c1-11(2)14-8-13(18-20(14)16(4,5)6)15(21)19(7)10-12(3)9-17/h8,11-12H,10H2,1-7H3/t12-/m0/s1. The van der Waals surface area contributed by atoms with Crippen molar-refractivity contribution in [1.29, 1.82) is 5.26 Å². The highest BCUT2D eigenvalue weighted by Gasteiger charge is 2.25. The van der Waals surface area contributed by atoms with E-state index in [1.165, 1.54) is 0 Å². The minimum Gasteiger partial charge on any atom is -0.339 e. The zero-order valence-electron chi connectivity index (χ0n) is 14.1. The third kappa shape index (κ3) is 4.07. The highest BCUT2D eigenvalue weighted by Crippen LogP contribution is 2.24. The molecule has 0 saturated carbocycles. The second-order valence-electron chi connectivity index (χ2n) is 6.91. The second kappa shape index (κ2) is 6.30. The summed E-state index contributed by atoms with van der Waals surface area (Å²) in [4.78, 5) is 14.0. The molecule has 0 bridgehead atoms. The van der Waals surface area contributed by atoms with Crippen LogP contribution in [0.4, 0.5) is 0 Å². The summed E-state index contributed by atoms with van der Waals surface area (Å²) in [6.07, 6.45) is 0. The largest absolute Gasteiger partial charge is 0.339 e. The van der Waals surface area contributed by atoms with Gasteiger partial charge < -0.3 is 4.90 Å². The topological polar surface area (TPSA) is 61.9 Å². The predicted molar refractivity (Wildman–Crippen MR) is 83.0 cm³/mol. The molecule has 0 aliphatic heterocycles. The van der Waals surface area contributed by atoms with E-state index in [-0.39, 0.29) is 17.4 Å². The van der Waals surface area contributed by atoms with E-state index in [9.17, 15) is 4.79 Å². The smallest absolute Gasteiger partial charge is 0.274 e. The average Bonchev–Trinajstić information content (AvgIpc) is 2.82. The molecular formula is C16H26N4O. The molecule has 0 saturated heterocycles. The Morgan fingerprint density at radius 3 is 2.38 bits per heavy atom. The molecule has 1 rings (SSSR count). The van der Waals surface area contributed by atoms with Crippen LogP contribution in [0.3, 0.4) is 0 Å². The van der Waals surface area contributed by atoms with Gasteiger partial charge in [-0.2, -0.15) is 10.4 Å². The number of aromatic nitrogens is 2. The van der Waals surface area contributed by atoms with Gasteiger partial charge in [0.05, 0.1) is 17.5 Å². The van der Waals surface area contributed by atoms with Crippen molar-refractivity contribution in [2.24, 2.45) is 5.92 Å². The van der Waals surface area contributed by atoms with Gasteiger partial charge in [-0.05, 0) is 39.7 Å². The Morgan fingerprint density at radius 1 is 1.43 bits per heavy atom. The van der Waals surface area contributed by atoms with Crippen LogP contribution < -0.4 is 0 Å². The summed E-state index contributed by atoms with van der Waals surface area (Å²) in [7, 11) is 1.71. The summed E-state index contributed by atoms with van der Waals surface area (Å²) >= 11 is 0. The van der Waals surface area contributed by atoms with Crippen LogP contribution in [0.1, 0.15) is 63.6 Å². The molecule has 0 fully saturated rings. The molecule has 1 amide bonds. The molecule has 0 unspecified atom stereocenters. The zero-order chi connectivity index (χ0) is 16.4. The summed E-state index contributed by atoms with van der Waals surface area (Å²) in [5, 5.41) is 13.4. The van der Waals surface area contributed by atoms with Gasteiger partial charge in [0.15, 0.2) is 5.69 Å². The van der Waals surface area contributed by atoms with E-state index in [0.717, 1.165) is 5.69 Å². The first-order valence-electron chi connectivity index (χ1n) is 7.33. The quantitative estimate of drug-likeness (QED) is 0.856. The molecule has 0 aromatic carbocycles. The maximum absolute atomic E-state index is 12.5. The van der Waals surface area contributed by atoms with Crippen LogP contribution in [-0.4, -0.2) is 34.2 Å². The van der Waals surface area contributed by atoms with Crippen molar-refractivity contribution in [3.8, 4) is 6.07 Å². The molecule has 0 aliphatic rings. The van der Waals surface area contributed by atoms with E-state index in [0.29, 0.717) is 18.2 Å². The lowest BCUT2D eigenvalue weighted by Crippen LogP contribution is -2.31. The summed E-state index contributed by atoms with van der Waals surface area (Å²) in [6.45, 7) is 12.6. The van der Waals surface area contributed by atoms with Gasteiger partial charge in [-0.3, -0.25) is 9.48 Å². The Labute approximate surface area is 127 Å². The number of hydrogen-bond acceptors (Lipinski definition) is 3. The van der Waals surface area contributed by atoms with Gasteiger partial charge in [0, 0.05) is 19.3 Å². The third-order valence-electron chi connectivity index (χ3n) is 3.30. The molecular weight excluding hydrogens is 264 g/mol. The van der Waals surface area contributed by atoms with Crippen molar-refractivity contribution >= 4 is 5.91 Å². The van der Waals surface area contributed by atoms with Gasteiger partial charge in [0.2, 0.25) is 0 Å². The van der Waals surface area contributed by atoms with Gasteiger partial charge in [-0.25, -0.2) is 0 Å². The molecule has 0 spiro atoms. The number of rotatable bonds is 4. The molecule has 5 nitrogen and oxygen atoms in total. The number of nitriles is 1. The molecule has 21 heavy (non-hydrogen) atoms. The van der Waals surface area contributed by atoms with Crippen LogP contribution in [0.25, 0.3) is 0 Å². The summed E-state index contributed by atoms with van der Waals surface area (Å²) in [6, 6.07) is 4.01. The number of nitrogens with zero attached hydrogens (tertiary/aromatic N) is 4. The maximum Gasteiger partial charge on any atom is 0.274 e. The highest BCUT2D eigenvalue weighted by molar-refractivity contribution is 5.92. The molecule has 116 valence electrons. The van der Waals surface area contributed by atoms with Gasteiger partial charge in [-0.1, -0.05) is 13.8 Å². The molecule has 0 radical (unpaired) electrons. The van der Waals surface area contributed by atoms with Crippen LogP contribution in [0, 0.1) is 17.2 Å². The van der Waals surface area contributed by atoms with Crippen LogP contribution in [0.15, 0.2) is 6.07 Å². The lowest BCUT2D eigenvalue weighted by atomic mass is 10.1. The van der Waals surface area contributed by atoms with Crippen molar-refractivity contribution in [2.75, 3.05) is 13.6 Å². The Bertz CT molecular complexity index is 546. The van der Waals surface area contributed by atoms with Gasteiger partial charge in [0.1, 0.15) is 0 Å². The Morgan fingerprint density at radius 2 is 2.00 bits per heavy atom. The highest BCUT2D eigenvalue weighted by atomic mass is 16.2. The molecule has 1 aromatic rings. The van der Waals surface area contributed by atoms with E-state index in [1.54, 1.807) is 18.9 Å². The Balaban J connectivity index is 3.10. The first kappa shape index (κ1) is 17.2. The minimum atomic E-state index is -0.187. The fourth-order valence-corrected chi connectivity index (χ4v) is 2.18. The van der Waals surface area contributed by atoms with Crippen LogP contribution in [0.2, 0.25) is 0 Å². The van der Waals surface area contributed by atoms with E-state index in [2.05, 4.69) is 45.8 Å². The fourth-order valence-electron chi connectivity index (χ4n) is 2.18. The summed E-state index contributed by atoms with van der Waals surface area (Å²) in [5.41, 5.74) is 1.32. The first-order valence-corrected chi connectivity index (χ1v) is 7.33. The number of carbonyl (C=O) groups is 1. The average molecular weight is 290 g/mol. The van der Waals surface area contributed by atoms with Crippen molar-refractivity contribution in [3.63, 3.8) is 0 Å². The van der Waals surface area contributed by atoms with Gasteiger partial charge in [0.25, 0.3) is 5.91 Å². The van der Waals surface area contributed by atoms with Crippen molar-refractivity contribution in [2.45, 2.75) is 53.0 Å². The van der Waals surface area contributed by atoms with E-state index >= 15 is 0 Å². The minimum absolute atomic E-state index is 0.137. The lowest BCUT2D eigenvalue weighted by molar-refractivity contribution is 0.0777. The monoisotopic (exact) mass is 290 g/mol. The first-order chi connectivity index (χ1) is 9.57. The summed E-state index contributed by atoms with van der Waals surface area (Å²) in [5.74, 6) is -0.0307. The summed E-state index contributed by atoms with van der Waals surface area (Å²) < 4.78 is 1.92. The SMILES string of the molecule is CC(C)c1cc(C(=O)N(C)C[C@@H](C)C#N)nn1C(C)(C)C. The second-order valence-corrected chi connectivity index (χ2v) is 6.91. The molecule has 1 heterocycles. The van der Waals surface area contributed by atoms with Gasteiger partial charge >= 0.3 is 0 Å². The molecule has 0 aliphatic carbocycles. The van der Waals surface area contributed by atoms with Gasteiger partial charge in [-0.15, -0.1) is 0 Å². The number of amides is 1. The van der Waals surface area contributed by atoms with Crippen molar-refractivity contribution in [1.82, 2.24) is 14.7 Å². The molecule has 1 atom stereocenters. The maximum atomic E-state index is 12.5. The van der Waals surface area contributed by atoms with E-state index in [4.69, 9.17) is 5.26 Å². The third-order valence-corrected chi connectivity index (χ3v) is 3.30. The fraction of sp³-hybridized carbons (Fsp3) is 0.688. The normalized spacial score (nSPS) is 13.1. The zero-order valence-corrected chi connectivity index (χ0v) is 14.1. The molecule has 1 aromatic heterocycles. The van der Waals surface area contributed by atoms with Crippen LogP contribution >= 0.6 is 0 Å². The molecule has 5 heteroatoms. The number of carbonyl (C=O) groups excluding carboxylic acids is 1. The van der Waals surface area contributed by atoms with E-state index in [1.807, 2.05) is 10.7 Å². The number of hydrogen-bond donors (Lipinski definition) is 0. The molecule has 0 N–H and O–H groups in total. The predicted octanol–water partition coefficient (Wildman–Crippen LogP) is 2.99. The van der Waals surface area contributed by atoms with Crippen LogP contribution in [0.5, 0.6) is 0 Å². The Kier molecular flexibility index (Phi) is 5.16. The van der Waals surface area contributed by atoms with Crippen LogP contribution in [-0.2, 0) is 5.54 Å². The van der Waals surface area contributed by atoms with E-state index < -0.39 is 0 Å². The Hall–Kier alpha value is -1.83. The van der Waals surface area contributed by atoms with Crippen molar-refractivity contribution in [3.05, 3.63) is 17.5 Å². The lowest BCUT2D eigenvalue weighted by Gasteiger charge is -2.23. The van der Waals surface area contributed by atoms with Crippen molar-refractivity contribution < 1.29 is 4.79 Å².